The number of piperazine rings is 1. The number of hydrogen-bond acceptors (Lipinski definition) is 11. The number of pyridine rings is 1. The van der Waals surface area contributed by atoms with Crippen LogP contribution in [0.15, 0.2) is 30.6 Å². The molecule has 5 N–H and O–H groups in total. The van der Waals surface area contributed by atoms with E-state index in [4.69, 9.17) is 15.5 Å². The van der Waals surface area contributed by atoms with Gasteiger partial charge in [-0.3, -0.25) is 15.2 Å². The van der Waals surface area contributed by atoms with Crippen molar-refractivity contribution in [2.45, 2.75) is 32.9 Å². The number of hydrazine groups is 1. The molecule has 36 heavy (non-hydrogen) atoms. The minimum atomic E-state index is -0.868. The van der Waals surface area contributed by atoms with Crippen molar-refractivity contribution in [2.24, 2.45) is 11.7 Å². The molecule has 0 bridgehead atoms. The molecule has 194 valence electrons. The van der Waals surface area contributed by atoms with Crippen molar-refractivity contribution in [3.05, 3.63) is 36.2 Å². The average molecular weight is 516 g/mol. The fourth-order valence-electron chi connectivity index (χ4n) is 4.01. The molecule has 0 spiro atoms. The van der Waals surface area contributed by atoms with Crippen molar-refractivity contribution < 1.29 is 14.3 Å². The Morgan fingerprint density at radius 2 is 2.19 bits per heavy atom. The molecule has 2 aromatic rings. The molecule has 13 heteroatoms. The first-order chi connectivity index (χ1) is 17.3. The second-order valence-electron chi connectivity index (χ2n) is 8.73. The first-order valence-electron chi connectivity index (χ1n) is 12.0. The van der Waals surface area contributed by atoms with E-state index in [9.17, 15) is 9.59 Å². The van der Waals surface area contributed by atoms with Crippen molar-refractivity contribution in [2.75, 3.05) is 48.4 Å². The van der Waals surface area contributed by atoms with Crippen LogP contribution in [0.3, 0.4) is 0 Å². The molecule has 0 aromatic carbocycles. The number of carbonyl (C=O) groups excluding carboxylic acids is 2. The van der Waals surface area contributed by atoms with Crippen LogP contribution in [0, 0.1) is 5.92 Å². The van der Waals surface area contributed by atoms with Crippen LogP contribution in [-0.2, 0) is 9.53 Å². The maximum absolute atomic E-state index is 12.5. The zero-order chi connectivity index (χ0) is 25.7. The van der Waals surface area contributed by atoms with E-state index >= 15 is 0 Å². The number of anilines is 3. The largest absolute Gasteiger partial charge is 0.457 e. The van der Waals surface area contributed by atoms with E-state index in [0.717, 1.165) is 5.56 Å². The number of carbonyl (C=O) groups is 2. The first kappa shape index (κ1) is 25.8. The van der Waals surface area contributed by atoms with Gasteiger partial charge in [-0.2, -0.15) is 14.4 Å². The third-order valence-corrected chi connectivity index (χ3v) is 7.71. The van der Waals surface area contributed by atoms with Gasteiger partial charge in [-0.1, -0.05) is 13.0 Å². The Balaban J connectivity index is 1.62. The van der Waals surface area contributed by atoms with Crippen LogP contribution in [0.5, 0.6) is 0 Å². The van der Waals surface area contributed by atoms with Gasteiger partial charge in [0.05, 0.1) is 12.6 Å². The van der Waals surface area contributed by atoms with Crippen LogP contribution in [0.1, 0.15) is 32.4 Å². The number of aromatic nitrogens is 3. The van der Waals surface area contributed by atoms with Gasteiger partial charge in [0.2, 0.25) is 11.9 Å². The summed E-state index contributed by atoms with van der Waals surface area (Å²) in [6.45, 7) is 8.43. The maximum Gasteiger partial charge on any atom is 0.376 e. The van der Waals surface area contributed by atoms with Crippen molar-refractivity contribution in [3.8, 4) is 0 Å². The number of nitrogens with two attached hydrogens (primary N) is 1. The topological polar surface area (TPSA) is 151 Å². The summed E-state index contributed by atoms with van der Waals surface area (Å²) in [5.41, 5.74) is 9.79. The maximum atomic E-state index is 12.5. The van der Waals surface area contributed by atoms with Gasteiger partial charge >= 0.3 is 5.30 Å². The van der Waals surface area contributed by atoms with Crippen LogP contribution in [-0.4, -0.2) is 74.8 Å². The van der Waals surface area contributed by atoms with Crippen LogP contribution < -0.4 is 26.7 Å². The van der Waals surface area contributed by atoms with Gasteiger partial charge in [0.25, 0.3) is 0 Å². The summed E-state index contributed by atoms with van der Waals surface area (Å²) in [6, 6.07) is 5.19. The zero-order valence-electron chi connectivity index (χ0n) is 20.7. The number of hydrogen-bond donors (Lipinski definition) is 4. The fourth-order valence-corrected chi connectivity index (χ4v) is 5.79. The van der Waals surface area contributed by atoms with E-state index in [2.05, 4.69) is 26.0 Å². The second-order valence-corrected chi connectivity index (χ2v) is 10.4. The molecule has 0 radical (unpaired) electrons. The molecule has 12 nitrogen and oxygen atoms in total. The summed E-state index contributed by atoms with van der Waals surface area (Å²) in [5.74, 6) is 1.37. The van der Waals surface area contributed by atoms with Crippen LogP contribution >= 0.6 is 10.7 Å². The van der Waals surface area contributed by atoms with Crippen molar-refractivity contribution in [3.63, 3.8) is 0 Å². The van der Waals surface area contributed by atoms with Gasteiger partial charge in [-0.05, 0) is 36.8 Å². The molecular weight excluding hydrogens is 482 g/mol. The molecular formula is C23H33N9O3S. The van der Waals surface area contributed by atoms with Gasteiger partial charge in [-0.25, -0.2) is 4.79 Å². The first-order valence-corrected chi connectivity index (χ1v) is 13.2. The van der Waals surface area contributed by atoms with E-state index in [1.165, 1.54) is 0 Å². The van der Waals surface area contributed by atoms with E-state index < -0.39 is 22.6 Å². The van der Waals surface area contributed by atoms with Crippen LogP contribution in [0.25, 0.3) is 0 Å². The molecule has 2 aromatic heterocycles. The predicted molar refractivity (Wildman–Crippen MR) is 142 cm³/mol. The highest BCUT2D eigenvalue weighted by Gasteiger charge is 2.29. The van der Waals surface area contributed by atoms with E-state index in [1.807, 2.05) is 46.7 Å². The van der Waals surface area contributed by atoms with Crippen molar-refractivity contribution >= 4 is 44.8 Å². The van der Waals surface area contributed by atoms with E-state index in [1.54, 1.807) is 19.3 Å². The molecule has 2 aliphatic heterocycles. The smallest absolute Gasteiger partial charge is 0.376 e. The molecule has 4 atom stereocenters. The monoisotopic (exact) mass is 515 g/mol. The van der Waals surface area contributed by atoms with Crippen molar-refractivity contribution in [1.82, 2.24) is 24.7 Å². The summed E-state index contributed by atoms with van der Waals surface area (Å²) in [6.07, 6.45) is 3.54. The van der Waals surface area contributed by atoms with E-state index in [-0.39, 0.29) is 17.3 Å². The number of amides is 1. The molecule has 2 aliphatic rings. The van der Waals surface area contributed by atoms with Gasteiger partial charge in [-0.15, -0.1) is 0 Å². The summed E-state index contributed by atoms with van der Waals surface area (Å²) in [4.78, 5) is 39.9. The van der Waals surface area contributed by atoms with Crippen molar-refractivity contribution in [1.29, 1.82) is 0 Å². The normalized spacial score (nSPS) is 23.0. The highest BCUT2D eigenvalue weighted by atomic mass is 32.2. The van der Waals surface area contributed by atoms with Gasteiger partial charge in [0.1, 0.15) is 17.7 Å². The Morgan fingerprint density at radius 1 is 1.36 bits per heavy atom. The lowest BCUT2D eigenvalue weighted by atomic mass is 10.1. The number of primary amides is 1. The third kappa shape index (κ3) is 6.28. The zero-order valence-corrected chi connectivity index (χ0v) is 21.5. The summed E-state index contributed by atoms with van der Waals surface area (Å²) < 4.78 is 7.08. The number of nitrogens with zero attached hydrogens (tertiary/aromatic N) is 5. The standard InChI is InChI=1S/C23H33N9O3S/c1-4-35-23(34)36-14-15(2)12-32(36)30-22-28-19(27-16(3)17-6-5-7-25-11-17)10-20(29-22)31-9-8-26-18(13-31)21(24)33/h5-7,10-11,14-16,18,26H,4,8-9,12-13H2,1-3H3,(H2,24,33)(H2,27,28,29,30). The van der Waals surface area contributed by atoms with Gasteiger partial charge < -0.3 is 26.0 Å². The fraction of sp³-hybridized carbons (Fsp3) is 0.478. The molecule has 1 amide bonds. The second kappa shape index (κ2) is 11.6. The third-order valence-electron chi connectivity index (χ3n) is 5.81. The predicted octanol–water partition coefficient (Wildman–Crippen LogP) is 1.73. The average Bonchev–Trinajstić information content (AvgIpc) is 3.24. The Morgan fingerprint density at radius 3 is 2.92 bits per heavy atom. The lowest BCUT2D eigenvalue weighted by molar-refractivity contribution is -0.120. The lowest BCUT2D eigenvalue weighted by Gasteiger charge is -2.33. The number of rotatable bonds is 8. The molecule has 4 heterocycles. The minimum absolute atomic E-state index is 0.0648. The minimum Gasteiger partial charge on any atom is -0.457 e. The number of ether oxygens (including phenoxy) is 1. The Labute approximate surface area is 213 Å². The highest BCUT2D eigenvalue weighted by Crippen LogP contribution is 2.31. The van der Waals surface area contributed by atoms with Crippen LogP contribution in [0.4, 0.5) is 22.4 Å². The summed E-state index contributed by atoms with van der Waals surface area (Å²) in [7, 11) is -0.868. The Kier molecular flexibility index (Phi) is 8.33. The number of nitrogens with one attached hydrogen (secondary N) is 3. The van der Waals surface area contributed by atoms with Crippen LogP contribution in [0.2, 0.25) is 0 Å². The summed E-state index contributed by atoms with van der Waals surface area (Å²) >= 11 is 0. The van der Waals surface area contributed by atoms with E-state index in [0.29, 0.717) is 50.4 Å². The van der Waals surface area contributed by atoms with Gasteiger partial charge in [0, 0.05) is 55.3 Å². The molecule has 0 saturated carbocycles. The quantitative estimate of drug-likeness (QED) is 0.300. The molecule has 4 rings (SSSR count). The Bertz CT molecular complexity index is 1120. The summed E-state index contributed by atoms with van der Waals surface area (Å²) in [5, 5.41) is 8.24. The van der Waals surface area contributed by atoms with Gasteiger partial charge in [0.15, 0.2) is 0 Å². The molecule has 0 aliphatic carbocycles. The SMILES string of the molecule is CCOC(=O)S1=CC(C)CN1Nc1nc(NC(C)c2cccnc2)cc(N2CCNC(C(N)=O)C2)n1. The molecule has 4 unspecified atom stereocenters. The highest BCUT2D eigenvalue weighted by molar-refractivity contribution is 8.25. The molecule has 1 saturated heterocycles. The molecule has 1 fully saturated rings. The Hall–Kier alpha value is -3.29. The lowest BCUT2D eigenvalue weighted by Crippen LogP contribution is -2.56.